The van der Waals surface area contributed by atoms with Crippen LogP contribution in [-0.2, 0) is 19.4 Å². The third-order valence-electron chi connectivity index (χ3n) is 2.92. The van der Waals surface area contributed by atoms with Crippen LogP contribution in [0.25, 0.3) is 0 Å². The molecule has 2 aliphatic heterocycles. The van der Waals surface area contributed by atoms with Gasteiger partial charge in [-0.2, -0.15) is 0 Å². The number of aliphatic carboxylic acids is 1. The molecule has 0 bridgehead atoms. The minimum Gasteiger partial charge on any atom is -0.548 e. The van der Waals surface area contributed by atoms with E-state index in [1.807, 2.05) is 0 Å². The number of amides is 1. The van der Waals surface area contributed by atoms with Crippen molar-refractivity contribution in [3.05, 3.63) is 0 Å². The molecule has 8 heteroatoms. The maximum Gasteiger partial charge on any atom is 1.00 e. The summed E-state index contributed by atoms with van der Waals surface area (Å²) >= 11 is 0. The zero-order valence-corrected chi connectivity index (χ0v) is 11.9. The van der Waals surface area contributed by atoms with Crippen molar-refractivity contribution in [1.29, 1.82) is 0 Å². The fraction of sp³-hybridized carbons (Fsp3) is 0.750. The SMILES string of the molecule is [2H]C1([2H])C(=O)N2[C@@H](C(=O)[O-])C(C)(C)S(=O)(=O)[C@@H]21.[Na+]. The van der Waals surface area contributed by atoms with E-state index in [-0.39, 0.29) is 29.6 Å². The molecular weight excluding hydrogens is 245 g/mol. The number of carboxylic acids is 1. The Morgan fingerprint density at radius 1 is 1.62 bits per heavy atom. The summed E-state index contributed by atoms with van der Waals surface area (Å²) < 4.78 is 37.0. The van der Waals surface area contributed by atoms with Crippen LogP contribution in [0.2, 0.25) is 0 Å². The van der Waals surface area contributed by atoms with E-state index < -0.39 is 44.2 Å². The summed E-state index contributed by atoms with van der Waals surface area (Å²) in [6.07, 6.45) is -2.56. The molecular formula is C8H10NNaO5S. The normalized spacial score (nSPS) is 38.6. The Labute approximate surface area is 118 Å². The van der Waals surface area contributed by atoms with Gasteiger partial charge in [0.25, 0.3) is 0 Å². The molecule has 0 spiro atoms. The summed E-state index contributed by atoms with van der Waals surface area (Å²) in [5.74, 6) is -2.81. The zero-order chi connectivity index (χ0) is 13.4. The number of nitrogens with zero attached hydrogens (tertiary/aromatic N) is 1. The van der Waals surface area contributed by atoms with Gasteiger partial charge in [0, 0.05) is 2.74 Å². The summed E-state index contributed by atoms with van der Waals surface area (Å²) in [5.41, 5.74) is 0. The van der Waals surface area contributed by atoms with Crippen molar-refractivity contribution < 1.29 is 55.4 Å². The van der Waals surface area contributed by atoms with Gasteiger partial charge in [-0.05, 0) is 13.8 Å². The molecule has 2 heterocycles. The molecule has 16 heavy (non-hydrogen) atoms. The molecule has 0 saturated carbocycles. The molecule has 0 N–H and O–H groups in total. The first-order chi connectivity index (χ1) is 7.47. The second kappa shape index (κ2) is 3.69. The maximum atomic E-state index is 12.0. The first-order valence-electron chi connectivity index (χ1n) is 5.24. The van der Waals surface area contributed by atoms with Crippen LogP contribution in [0.1, 0.15) is 23.0 Å². The molecule has 2 rings (SSSR count). The molecule has 1 amide bonds. The Hall–Kier alpha value is -0.110. The van der Waals surface area contributed by atoms with Crippen LogP contribution >= 0.6 is 0 Å². The van der Waals surface area contributed by atoms with Crippen molar-refractivity contribution in [2.24, 2.45) is 0 Å². The number of carboxylic acid groups (broad SMARTS) is 1. The summed E-state index contributed by atoms with van der Waals surface area (Å²) in [6, 6.07) is -1.64. The largest absolute Gasteiger partial charge is 1.00 e. The van der Waals surface area contributed by atoms with Crippen LogP contribution < -0.4 is 34.7 Å². The van der Waals surface area contributed by atoms with Crippen molar-refractivity contribution in [2.75, 3.05) is 0 Å². The Morgan fingerprint density at radius 3 is 2.56 bits per heavy atom. The maximum absolute atomic E-state index is 12.0. The van der Waals surface area contributed by atoms with Gasteiger partial charge < -0.3 is 14.8 Å². The standard InChI is InChI=1S/C8H11NO5S.Na/c1-8(2)6(7(11)12)9-4(10)3-5(9)15(8,13)14;/h5-6H,3H2,1-2H3,(H,11,12);/q;+1/p-1/t5-,6+;/m1./s1/i3D2;. The average Bonchev–Trinajstić information content (AvgIpc) is 2.29. The van der Waals surface area contributed by atoms with E-state index in [0.29, 0.717) is 4.90 Å². The van der Waals surface area contributed by atoms with Gasteiger partial charge in [0.1, 0.15) is 5.37 Å². The third-order valence-corrected chi connectivity index (χ3v) is 5.54. The van der Waals surface area contributed by atoms with E-state index in [4.69, 9.17) is 2.74 Å². The third kappa shape index (κ3) is 1.38. The molecule has 0 unspecified atom stereocenters. The number of carbonyl (C=O) groups is 2. The van der Waals surface area contributed by atoms with Crippen LogP contribution in [0.4, 0.5) is 0 Å². The van der Waals surface area contributed by atoms with E-state index in [0.717, 1.165) is 13.8 Å². The van der Waals surface area contributed by atoms with Crippen molar-refractivity contribution in [1.82, 2.24) is 4.90 Å². The molecule has 84 valence electrons. The van der Waals surface area contributed by atoms with Crippen LogP contribution in [-0.4, -0.2) is 41.4 Å². The number of sulfone groups is 1. The minimum absolute atomic E-state index is 0. The second-order valence-corrected chi connectivity index (χ2v) is 6.67. The molecule has 0 aliphatic carbocycles. The summed E-state index contributed by atoms with van der Waals surface area (Å²) in [4.78, 5) is 23.0. The Bertz CT molecular complexity index is 532. The molecule has 2 atom stereocenters. The average molecular weight is 257 g/mol. The van der Waals surface area contributed by atoms with Gasteiger partial charge in [-0.3, -0.25) is 4.79 Å². The van der Waals surface area contributed by atoms with Gasteiger partial charge in [-0.1, -0.05) is 0 Å². The van der Waals surface area contributed by atoms with Crippen molar-refractivity contribution >= 4 is 21.7 Å². The van der Waals surface area contributed by atoms with E-state index in [9.17, 15) is 23.1 Å². The number of fused-ring (bicyclic) bond motifs is 1. The van der Waals surface area contributed by atoms with E-state index in [2.05, 4.69) is 0 Å². The van der Waals surface area contributed by atoms with E-state index in [1.54, 1.807) is 0 Å². The summed E-state index contributed by atoms with van der Waals surface area (Å²) in [7, 11) is -4.09. The number of rotatable bonds is 1. The first kappa shape index (κ1) is 11.0. The molecule has 0 radical (unpaired) electrons. The Kier molecular flexibility index (Phi) is 2.54. The van der Waals surface area contributed by atoms with Gasteiger partial charge in [0.15, 0.2) is 9.84 Å². The van der Waals surface area contributed by atoms with E-state index in [1.165, 1.54) is 0 Å². The minimum atomic E-state index is -4.09. The zero-order valence-electron chi connectivity index (χ0n) is 11.1. The van der Waals surface area contributed by atoms with Gasteiger partial charge in [-0.15, -0.1) is 0 Å². The monoisotopic (exact) mass is 257 g/mol. The Balaban J connectivity index is 0.00000162. The molecule has 2 fully saturated rings. The Morgan fingerprint density at radius 2 is 2.12 bits per heavy atom. The molecule has 0 aromatic carbocycles. The van der Waals surface area contributed by atoms with Crippen LogP contribution in [0.15, 0.2) is 0 Å². The van der Waals surface area contributed by atoms with Crippen LogP contribution in [0.3, 0.4) is 0 Å². The molecule has 2 aliphatic rings. The van der Waals surface area contributed by atoms with Crippen molar-refractivity contribution in [3.8, 4) is 0 Å². The number of carbonyl (C=O) groups excluding carboxylic acids is 2. The fourth-order valence-corrected chi connectivity index (χ4v) is 3.81. The smallest absolute Gasteiger partial charge is 0.548 e. The molecule has 0 aromatic heterocycles. The topological polar surface area (TPSA) is 94.6 Å². The summed E-state index contributed by atoms with van der Waals surface area (Å²) in [5, 5.41) is 9.24. The number of β-lactam (4-membered cyclic amide) rings is 1. The number of hydrogen-bond donors (Lipinski definition) is 0. The van der Waals surface area contributed by atoms with Crippen molar-refractivity contribution in [3.63, 3.8) is 0 Å². The fourth-order valence-electron chi connectivity index (χ4n) is 1.95. The predicted molar refractivity (Wildman–Crippen MR) is 47.0 cm³/mol. The number of hydrogen-bond acceptors (Lipinski definition) is 5. The van der Waals surface area contributed by atoms with Gasteiger partial charge >= 0.3 is 29.6 Å². The summed E-state index contributed by atoms with van der Waals surface area (Å²) in [6.45, 7) is 2.31. The first-order valence-corrected chi connectivity index (χ1v) is 5.79. The molecule has 0 aromatic rings. The van der Waals surface area contributed by atoms with Crippen LogP contribution in [0, 0.1) is 0 Å². The van der Waals surface area contributed by atoms with Gasteiger partial charge in [-0.25, -0.2) is 8.42 Å². The second-order valence-electron chi connectivity index (χ2n) is 4.08. The quantitative estimate of drug-likeness (QED) is 0.346. The van der Waals surface area contributed by atoms with Gasteiger partial charge in [0.2, 0.25) is 5.91 Å². The van der Waals surface area contributed by atoms with E-state index >= 15 is 0 Å². The van der Waals surface area contributed by atoms with Crippen LogP contribution in [0.5, 0.6) is 0 Å². The predicted octanol–water partition coefficient (Wildman–Crippen LogP) is -5.13. The van der Waals surface area contributed by atoms with Gasteiger partial charge in [0.05, 0.1) is 23.1 Å². The molecule has 6 nitrogen and oxygen atoms in total. The molecule has 2 saturated heterocycles. The van der Waals surface area contributed by atoms with Crippen molar-refractivity contribution in [2.45, 2.75) is 36.4 Å².